The number of phenols is 1. The van der Waals surface area contributed by atoms with Crippen molar-refractivity contribution in [1.29, 1.82) is 0 Å². The number of aromatic hydroxyl groups is 1. The Morgan fingerprint density at radius 3 is 2.60 bits per heavy atom. The summed E-state index contributed by atoms with van der Waals surface area (Å²) in [6.45, 7) is 1.45. The van der Waals surface area contributed by atoms with Gasteiger partial charge < -0.3 is 15.2 Å². The normalized spacial score (nSPS) is 11.6. The number of nitrogens with one attached hydrogen (secondary N) is 2. The van der Waals surface area contributed by atoms with Gasteiger partial charge in [0.1, 0.15) is 11.8 Å². The van der Waals surface area contributed by atoms with Crippen LogP contribution >= 0.6 is 0 Å². The second-order valence-corrected chi connectivity index (χ2v) is 6.67. The summed E-state index contributed by atoms with van der Waals surface area (Å²) in [6, 6.07) is 14.5. The number of nitrogens with zero attached hydrogens (tertiary/aromatic N) is 1. The van der Waals surface area contributed by atoms with Crippen molar-refractivity contribution in [3.8, 4) is 5.75 Å². The molecule has 0 aliphatic carbocycles. The van der Waals surface area contributed by atoms with Crippen LogP contribution in [0.25, 0.3) is 10.9 Å². The molecule has 1 atom stereocenters. The zero-order valence-electron chi connectivity index (χ0n) is 16.3. The van der Waals surface area contributed by atoms with Crippen molar-refractivity contribution in [2.24, 2.45) is 0 Å². The van der Waals surface area contributed by atoms with Gasteiger partial charge in [-0.05, 0) is 23.8 Å². The molecule has 0 radical (unpaired) electrons. The molecule has 0 fully saturated rings. The van der Waals surface area contributed by atoms with Crippen LogP contribution in [0, 0.1) is 0 Å². The maximum absolute atomic E-state index is 12.5. The van der Waals surface area contributed by atoms with E-state index in [0.29, 0.717) is 10.9 Å². The summed E-state index contributed by atoms with van der Waals surface area (Å²) in [7, 11) is 0. The number of ether oxygens (including phenoxy) is 1. The molecule has 1 heterocycles. The lowest BCUT2D eigenvalue weighted by Gasteiger charge is -2.17. The van der Waals surface area contributed by atoms with Gasteiger partial charge in [0.25, 0.3) is 11.8 Å². The Hall–Kier alpha value is -3.78. The summed E-state index contributed by atoms with van der Waals surface area (Å²) in [5, 5.41) is 14.9. The standard InChI is InChI=1S/C22H21N3O5/c1-14(26)24-20(13-30-12-15-5-3-2-4-6-15)22(29)25-21(28)17-9-16-7-8-18(27)10-19(16)23-11-17/h2-11,20,27H,12-13H2,1H3,(H,24,26)(H,25,28,29)/t20-/m1/s1. The number of imide groups is 1. The molecule has 3 amide bonds. The number of benzene rings is 2. The summed E-state index contributed by atoms with van der Waals surface area (Å²) < 4.78 is 5.54. The molecular formula is C22H21N3O5. The van der Waals surface area contributed by atoms with E-state index < -0.39 is 23.8 Å². The maximum Gasteiger partial charge on any atom is 0.259 e. The number of rotatable bonds is 7. The first-order valence-electron chi connectivity index (χ1n) is 9.25. The molecule has 0 spiro atoms. The topological polar surface area (TPSA) is 118 Å². The van der Waals surface area contributed by atoms with Crippen LogP contribution in [0.3, 0.4) is 0 Å². The van der Waals surface area contributed by atoms with E-state index in [9.17, 15) is 19.5 Å². The van der Waals surface area contributed by atoms with Crippen LogP contribution < -0.4 is 10.6 Å². The van der Waals surface area contributed by atoms with Crippen molar-refractivity contribution < 1.29 is 24.2 Å². The second kappa shape index (κ2) is 9.62. The minimum atomic E-state index is -1.03. The minimum absolute atomic E-state index is 0.0658. The number of aromatic nitrogens is 1. The third kappa shape index (κ3) is 5.62. The molecule has 0 saturated heterocycles. The SMILES string of the molecule is CC(=O)N[C@H](COCc1ccccc1)C(=O)NC(=O)c1cnc2cc(O)ccc2c1. The van der Waals surface area contributed by atoms with E-state index >= 15 is 0 Å². The largest absolute Gasteiger partial charge is 0.508 e. The van der Waals surface area contributed by atoms with Crippen molar-refractivity contribution in [3.63, 3.8) is 0 Å². The molecule has 3 rings (SSSR count). The van der Waals surface area contributed by atoms with Crippen molar-refractivity contribution >= 4 is 28.6 Å². The average Bonchev–Trinajstić information content (AvgIpc) is 2.73. The molecule has 2 aromatic carbocycles. The van der Waals surface area contributed by atoms with Crippen LogP contribution in [0.4, 0.5) is 0 Å². The lowest BCUT2D eigenvalue weighted by atomic mass is 10.1. The monoisotopic (exact) mass is 407 g/mol. The van der Waals surface area contributed by atoms with Crippen LogP contribution in [-0.2, 0) is 20.9 Å². The summed E-state index contributed by atoms with van der Waals surface area (Å²) in [5.41, 5.74) is 1.61. The number of hydrogen-bond donors (Lipinski definition) is 3. The molecule has 0 saturated carbocycles. The van der Waals surface area contributed by atoms with Crippen LogP contribution in [-0.4, -0.2) is 40.5 Å². The van der Waals surface area contributed by atoms with Crippen LogP contribution in [0.15, 0.2) is 60.8 Å². The molecule has 1 aromatic heterocycles. The number of phenolic OH excluding ortho intramolecular Hbond substituents is 1. The van der Waals surface area contributed by atoms with E-state index in [1.807, 2.05) is 30.3 Å². The third-order valence-electron chi connectivity index (χ3n) is 4.26. The van der Waals surface area contributed by atoms with Gasteiger partial charge >= 0.3 is 0 Å². The predicted octanol–water partition coefficient (Wildman–Crippen LogP) is 1.92. The highest BCUT2D eigenvalue weighted by Gasteiger charge is 2.22. The zero-order valence-corrected chi connectivity index (χ0v) is 16.3. The van der Waals surface area contributed by atoms with E-state index in [4.69, 9.17) is 4.74 Å². The molecule has 0 bridgehead atoms. The predicted molar refractivity (Wildman–Crippen MR) is 110 cm³/mol. The highest BCUT2D eigenvalue weighted by molar-refractivity contribution is 6.07. The quantitative estimate of drug-likeness (QED) is 0.551. The fraction of sp³-hybridized carbons (Fsp3) is 0.182. The Morgan fingerprint density at radius 2 is 1.87 bits per heavy atom. The molecule has 30 heavy (non-hydrogen) atoms. The first kappa shape index (κ1) is 20.9. The highest BCUT2D eigenvalue weighted by Crippen LogP contribution is 2.18. The Labute approximate surface area is 172 Å². The number of hydrogen-bond acceptors (Lipinski definition) is 6. The molecule has 8 heteroatoms. The van der Waals surface area contributed by atoms with Crippen LogP contribution in [0.2, 0.25) is 0 Å². The maximum atomic E-state index is 12.5. The molecule has 8 nitrogen and oxygen atoms in total. The molecule has 154 valence electrons. The number of pyridine rings is 1. The average molecular weight is 407 g/mol. The van der Waals surface area contributed by atoms with Gasteiger partial charge in [0.15, 0.2) is 0 Å². The first-order chi connectivity index (χ1) is 14.4. The fourth-order valence-electron chi connectivity index (χ4n) is 2.80. The molecule has 0 aliphatic rings. The lowest BCUT2D eigenvalue weighted by Crippen LogP contribution is -2.50. The van der Waals surface area contributed by atoms with Gasteiger partial charge in [-0.1, -0.05) is 30.3 Å². The molecular weight excluding hydrogens is 386 g/mol. The summed E-state index contributed by atoms with van der Waals surface area (Å²) in [4.78, 5) is 40.6. The van der Waals surface area contributed by atoms with Gasteiger partial charge in [-0.15, -0.1) is 0 Å². The Kier molecular flexibility index (Phi) is 6.71. The van der Waals surface area contributed by atoms with Crippen molar-refractivity contribution in [1.82, 2.24) is 15.6 Å². The minimum Gasteiger partial charge on any atom is -0.508 e. The summed E-state index contributed by atoms with van der Waals surface area (Å²) >= 11 is 0. The van der Waals surface area contributed by atoms with Gasteiger partial charge in [0.2, 0.25) is 5.91 Å². The smallest absolute Gasteiger partial charge is 0.259 e. The summed E-state index contributed by atoms with van der Waals surface area (Å²) in [6.07, 6.45) is 1.31. The molecule has 0 aliphatic heterocycles. The number of carbonyl (C=O) groups excluding carboxylic acids is 3. The molecule has 3 N–H and O–H groups in total. The lowest BCUT2D eigenvalue weighted by molar-refractivity contribution is -0.129. The zero-order chi connectivity index (χ0) is 21.5. The first-order valence-corrected chi connectivity index (χ1v) is 9.25. The Morgan fingerprint density at radius 1 is 1.10 bits per heavy atom. The van der Waals surface area contributed by atoms with Gasteiger partial charge in [-0.25, -0.2) is 0 Å². The van der Waals surface area contributed by atoms with Gasteiger partial charge in [0.05, 0.1) is 24.3 Å². The number of fused-ring (bicyclic) bond motifs is 1. The summed E-state index contributed by atoms with van der Waals surface area (Å²) in [5.74, 6) is -1.69. The van der Waals surface area contributed by atoms with Gasteiger partial charge in [0, 0.05) is 24.6 Å². The van der Waals surface area contributed by atoms with Crippen LogP contribution in [0.5, 0.6) is 5.75 Å². The van der Waals surface area contributed by atoms with Gasteiger partial charge in [-0.3, -0.25) is 24.7 Å². The van der Waals surface area contributed by atoms with E-state index in [1.54, 1.807) is 12.1 Å². The number of carbonyl (C=O) groups is 3. The van der Waals surface area contributed by atoms with Crippen molar-refractivity contribution in [2.45, 2.75) is 19.6 Å². The second-order valence-electron chi connectivity index (χ2n) is 6.67. The van der Waals surface area contributed by atoms with Crippen LogP contribution in [0.1, 0.15) is 22.8 Å². The van der Waals surface area contributed by atoms with E-state index in [1.165, 1.54) is 25.3 Å². The number of amides is 3. The molecule has 3 aromatic rings. The van der Waals surface area contributed by atoms with E-state index in [2.05, 4.69) is 15.6 Å². The van der Waals surface area contributed by atoms with E-state index in [0.717, 1.165) is 5.56 Å². The van der Waals surface area contributed by atoms with E-state index in [-0.39, 0.29) is 24.5 Å². The van der Waals surface area contributed by atoms with Gasteiger partial charge in [-0.2, -0.15) is 0 Å². The molecule has 0 unspecified atom stereocenters. The van der Waals surface area contributed by atoms with Crippen molar-refractivity contribution in [2.75, 3.05) is 6.61 Å². The van der Waals surface area contributed by atoms with Crippen molar-refractivity contribution in [3.05, 3.63) is 71.9 Å². The Balaban J connectivity index is 1.64. The third-order valence-corrected chi connectivity index (χ3v) is 4.26. The Bertz CT molecular complexity index is 1070. The fourth-order valence-corrected chi connectivity index (χ4v) is 2.80. The highest BCUT2D eigenvalue weighted by atomic mass is 16.5.